The molecule has 1 aliphatic heterocycles. The smallest absolute Gasteiger partial charge is 0.143 e. The molecule has 7 nitrogen and oxygen atoms in total. The molecule has 3 aromatic rings. The third kappa shape index (κ3) is 3.98. The van der Waals surface area contributed by atoms with Crippen molar-refractivity contribution in [3.8, 4) is 5.69 Å². The zero-order chi connectivity index (χ0) is 18.6. The predicted octanol–water partition coefficient (Wildman–Crippen LogP) is 3.17. The molecule has 0 aliphatic carbocycles. The Kier molecular flexibility index (Phi) is 4.84. The molecule has 2 heterocycles. The monoisotopic (exact) mass is 362 g/mol. The van der Waals surface area contributed by atoms with E-state index in [9.17, 15) is 0 Å². The van der Waals surface area contributed by atoms with E-state index in [1.54, 1.807) is 11.0 Å². The molecule has 2 N–H and O–H groups in total. The van der Waals surface area contributed by atoms with E-state index in [0.717, 1.165) is 23.6 Å². The van der Waals surface area contributed by atoms with Crippen LogP contribution in [0, 0.1) is 13.8 Å². The minimum Gasteiger partial charge on any atom is -0.381 e. The highest BCUT2D eigenvalue weighted by Crippen LogP contribution is 2.25. The number of aromatic nitrogens is 4. The molecular weight excluding hydrogens is 340 g/mol. The standard InChI is InChI=1S/C20H22N6O/c1-14-7-17-9-16(11-27-13-22-20(17)8-15(14)2)10-21-18-3-5-19(6-4-18)26-12-23-24-25-26/h3-9,12,21-22H,10-11,13H2,1-2H3/b16-9-. The topological polar surface area (TPSA) is 76.9 Å². The molecule has 27 heavy (non-hydrogen) atoms. The van der Waals surface area contributed by atoms with Gasteiger partial charge >= 0.3 is 0 Å². The van der Waals surface area contributed by atoms with Gasteiger partial charge in [0.15, 0.2) is 0 Å². The third-order valence-electron chi connectivity index (χ3n) is 4.68. The quantitative estimate of drug-likeness (QED) is 0.742. The number of rotatable bonds is 4. The van der Waals surface area contributed by atoms with E-state index in [1.165, 1.54) is 22.3 Å². The summed E-state index contributed by atoms with van der Waals surface area (Å²) in [6.45, 7) is 6.09. The van der Waals surface area contributed by atoms with Gasteiger partial charge in [-0.2, -0.15) is 0 Å². The predicted molar refractivity (Wildman–Crippen MR) is 106 cm³/mol. The fourth-order valence-electron chi connectivity index (χ4n) is 3.01. The summed E-state index contributed by atoms with van der Waals surface area (Å²) in [5, 5.41) is 18.0. The largest absolute Gasteiger partial charge is 0.381 e. The number of ether oxygens (including phenoxy) is 1. The summed E-state index contributed by atoms with van der Waals surface area (Å²) in [6, 6.07) is 12.4. The van der Waals surface area contributed by atoms with Crippen molar-refractivity contribution in [2.75, 3.05) is 30.5 Å². The lowest BCUT2D eigenvalue weighted by molar-refractivity contribution is 0.175. The first-order valence-corrected chi connectivity index (χ1v) is 8.88. The van der Waals surface area contributed by atoms with Gasteiger partial charge in [-0.3, -0.25) is 0 Å². The lowest BCUT2D eigenvalue weighted by Crippen LogP contribution is -2.16. The number of nitrogens with one attached hydrogen (secondary N) is 2. The SMILES string of the molecule is Cc1cc2c(cc1C)NCOC/C(CNc1ccc(-n3cnnn3)cc1)=C\2. The Labute approximate surface area is 158 Å². The van der Waals surface area contributed by atoms with Crippen LogP contribution in [0.5, 0.6) is 0 Å². The Morgan fingerprint density at radius 2 is 1.96 bits per heavy atom. The van der Waals surface area contributed by atoms with Crippen molar-refractivity contribution in [1.29, 1.82) is 0 Å². The summed E-state index contributed by atoms with van der Waals surface area (Å²) >= 11 is 0. The highest BCUT2D eigenvalue weighted by Gasteiger charge is 2.09. The van der Waals surface area contributed by atoms with Gasteiger partial charge in [0.2, 0.25) is 0 Å². The van der Waals surface area contributed by atoms with E-state index in [-0.39, 0.29) is 0 Å². The number of fused-ring (bicyclic) bond motifs is 1. The second-order valence-electron chi connectivity index (χ2n) is 6.65. The van der Waals surface area contributed by atoms with Gasteiger partial charge < -0.3 is 15.4 Å². The number of hydrogen-bond acceptors (Lipinski definition) is 6. The van der Waals surface area contributed by atoms with Crippen molar-refractivity contribution in [1.82, 2.24) is 20.2 Å². The molecule has 0 spiro atoms. The minimum atomic E-state index is 0.507. The molecule has 4 rings (SSSR count). The molecule has 0 atom stereocenters. The molecule has 0 amide bonds. The maximum atomic E-state index is 5.73. The minimum absolute atomic E-state index is 0.507. The molecule has 0 saturated carbocycles. The Morgan fingerprint density at radius 1 is 1.15 bits per heavy atom. The molecule has 0 radical (unpaired) electrons. The Balaban J connectivity index is 1.49. The third-order valence-corrected chi connectivity index (χ3v) is 4.68. The molecule has 1 aliphatic rings. The van der Waals surface area contributed by atoms with E-state index in [2.05, 4.69) is 58.2 Å². The molecule has 1 aromatic heterocycles. The maximum Gasteiger partial charge on any atom is 0.143 e. The molecule has 2 aromatic carbocycles. The van der Waals surface area contributed by atoms with Gasteiger partial charge in [0.1, 0.15) is 13.1 Å². The van der Waals surface area contributed by atoms with Gasteiger partial charge in [0.05, 0.1) is 12.3 Å². The number of benzene rings is 2. The van der Waals surface area contributed by atoms with Crippen LogP contribution in [0.4, 0.5) is 11.4 Å². The molecule has 7 heteroatoms. The lowest BCUT2D eigenvalue weighted by Gasteiger charge is -2.19. The number of hydrogen-bond donors (Lipinski definition) is 2. The van der Waals surface area contributed by atoms with Crippen molar-refractivity contribution in [3.63, 3.8) is 0 Å². The average molecular weight is 362 g/mol. The van der Waals surface area contributed by atoms with Crippen LogP contribution < -0.4 is 10.6 Å². The molecule has 0 unspecified atom stereocenters. The Morgan fingerprint density at radius 3 is 2.74 bits per heavy atom. The second kappa shape index (κ2) is 7.59. The Bertz CT molecular complexity index is 947. The van der Waals surface area contributed by atoms with Crippen LogP contribution in [0.2, 0.25) is 0 Å². The number of anilines is 2. The first-order chi connectivity index (χ1) is 13.2. The van der Waals surface area contributed by atoms with E-state index in [1.807, 2.05) is 24.3 Å². The fraction of sp³-hybridized carbons (Fsp3) is 0.250. The molecule has 0 saturated heterocycles. The van der Waals surface area contributed by atoms with Crippen molar-refractivity contribution < 1.29 is 4.74 Å². The van der Waals surface area contributed by atoms with E-state index in [4.69, 9.17) is 4.74 Å². The zero-order valence-electron chi connectivity index (χ0n) is 15.4. The van der Waals surface area contributed by atoms with Gasteiger partial charge in [-0.15, -0.1) is 5.10 Å². The summed E-state index contributed by atoms with van der Waals surface area (Å²) in [5.74, 6) is 0. The first-order valence-electron chi connectivity index (χ1n) is 8.88. The highest BCUT2D eigenvalue weighted by molar-refractivity contribution is 5.71. The second-order valence-corrected chi connectivity index (χ2v) is 6.65. The summed E-state index contributed by atoms with van der Waals surface area (Å²) in [5.41, 5.74) is 8.04. The fourth-order valence-corrected chi connectivity index (χ4v) is 3.01. The van der Waals surface area contributed by atoms with E-state index < -0.39 is 0 Å². The van der Waals surface area contributed by atoms with Crippen molar-refractivity contribution in [2.24, 2.45) is 0 Å². The summed E-state index contributed by atoms with van der Waals surface area (Å²) in [4.78, 5) is 0. The summed E-state index contributed by atoms with van der Waals surface area (Å²) in [7, 11) is 0. The van der Waals surface area contributed by atoms with Crippen molar-refractivity contribution in [2.45, 2.75) is 13.8 Å². The van der Waals surface area contributed by atoms with Crippen molar-refractivity contribution >= 4 is 17.5 Å². The van der Waals surface area contributed by atoms with E-state index in [0.29, 0.717) is 13.3 Å². The summed E-state index contributed by atoms with van der Waals surface area (Å²) < 4.78 is 7.35. The first kappa shape index (κ1) is 17.2. The van der Waals surface area contributed by atoms with Gasteiger partial charge in [0, 0.05) is 17.9 Å². The van der Waals surface area contributed by atoms with Gasteiger partial charge in [-0.25, -0.2) is 4.68 Å². The van der Waals surface area contributed by atoms with Gasteiger partial charge in [-0.1, -0.05) is 0 Å². The maximum absolute atomic E-state index is 5.73. The van der Waals surface area contributed by atoms with Crippen LogP contribution in [-0.4, -0.2) is 40.1 Å². The number of aryl methyl sites for hydroxylation is 2. The number of tetrazole rings is 1. The number of nitrogens with zero attached hydrogens (tertiary/aromatic N) is 4. The molecule has 138 valence electrons. The van der Waals surface area contributed by atoms with Gasteiger partial charge in [0.25, 0.3) is 0 Å². The average Bonchev–Trinajstić information content (AvgIpc) is 3.19. The summed E-state index contributed by atoms with van der Waals surface area (Å²) in [6.07, 6.45) is 3.78. The molecule has 0 fully saturated rings. The van der Waals surface area contributed by atoms with Gasteiger partial charge in [-0.05, 0) is 89.0 Å². The van der Waals surface area contributed by atoms with Crippen LogP contribution in [0.1, 0.15) is 16.7 Å². The lowest BCUT2D eigenvalue weighted by atomic mass is 10.0. The highest BCUT2D eigenvalue weighted by atomic mass is 16.5. The van der Waals surface area contributed by atoms with Crippen LogP contribution in [0.15, 0.2) is 48.3 Å². The van der Waals surface area contributed by atoms with Crippen LogP contribution in [0.3, 0.4) is 0 Å². The van der Waals surface area contributed by atoms with Crippen LogP contribution >= 0.6 is 0 Å². The van der Waals surface area contributed by atoms with Crippen LogP contribution in [0.25, 0.3) is 11.8 Å². The van der Waals surface area contributed by atoms with Crippen LogP contribution in [-0.2, 0) is 4.74 Å². The Hall–Kier alpha value is -3.19. The molecule has 0 bridgehead atoms. The molecular formula is C20H22N6O. The zero-order valence-corrected chi connectivity index (χ0v) is 15.4. The van der Waals surface area contributed by atoms with Crippen molar-refractivity contribution in [3.05, 3.63) is 65.0 Å². The van der Waals surface area contributed by atoms with E-state index >= 15 is 0 Å². The normalized spacial score (nSPS) is 15.7.